The zero-order chi connectivity index (χ0) is 12.3. The van der Waals surface area contributed by atoms with E-state index in [2.05, 4.69) is 10.3 Å². The summed E-state index contributed by atoms with van der Waals surface area (Å²) >= 11 is 0. The standard InChI is InChI=1S/C12H17N3O2/c13-9-4-2-6-14-11(9)12(17)15-7-8-3-1-5-10(8)16/h2,4,6,8,10,16H,1,3,5,7,13H2,(H,15,17). The maximum atomic E-state index is 11.8. The van der Waals surface area contributed by atoms with E-state index >= 15 is 0 Å². The highest BCUT2D eigenvalue weighted by Gasteiger charge is 2.25. The van der Waals surface area contributed by atoms with Crippen LogP contribution in [0.2, 0.25) is 0 Å². The van der Waals surface area contributed by atoms with Crippen LogP contribution in [0, 0.1) is 5.92 Å². The lowest BCUT2D eigenvalue weighted by Gasteiger charge is -2.15. The van der Waals surface area contributed by atoms with Crippen LogP contribution < -0.4 is 11.1 Å². The summed E-state index contributed by atoms with van der Waals surface area (Å²) in [5.41, 5.74) is 6.28. The number of aliphatic hydroxyl groups excluding tert-OH is 1. The smallest absolute Gasteiger partial charge is 0.272 e. The van der Waals surface area contributed by atoms with E-state index in [1.807, 2.05) is 0 Å². The number of nitrogen functional groups attached to an aromatic ring is 1. The van der Waals surface area contributed by atoms with Crippen LogP contribution in [0.5, 0.6) is 0 Å². The van der Waals surface area contributed by atoms with E-state index in [9.17, 15) is 9.90 Å². The van der Waals surface area contributed by atoms with E-state index in [0.29, 0.717) is 12.2 Å². The van der Waals surface area contributed by atoms with Gasteiger partial charge >= 0.3 is 0 Å². The van der Waals surface area contributed by atoms with Gasteiger partial charge in [0.15, 0.2) is 5.69 Å². The Kier molecular flexibility index (Phi) is 3.58. The Morgan fingerprint density at radius 3 is 3.06 bits per heavy atom. The average molecular weight is 235 g/mol. The van der Waals surface area contributed by atoms with E-state index in [4.69, 9.17) is 5.73 Å². The third-order valence-electron chi connectivity index (χ3n) is 3.20. The first-order chi connectivity index (χ1) is 8.18. The number of carbonyl (C=O) groups is 1. The summed E-state index contributed by atoms with van der Waals surface area (Å²) in [6.45, 7) is 0.482. The fourth-order valence-corrected chi connectivity index (χ4v) is 2.17. The number of nitrogens with two attached hydrogens (primary N) is 1. The fraction of sp³-hybridized carbons (Fsp3) is 0.500. The van der Waals surface area contributed by atoms with Crippen LogP contribution in [0.4, 0.5) is 5.69 Å². The summed E-state index contributed by atoms with van der Waals surface area (Å²) in [6.07, 6.45) is 4.05. The van der Waals surface area contributed by atoms with Crippen molar-refractivity contribution in [3.63, 3.8) is 0 Å². The highest BCUT2D eigenvalue weighted by Crippen LogP contribution is 2.24. The van der Waals surface area contributed by atoms with Gasteiger partial charge in [0, 0.05) is 18.7 Å². The van der Waals surface area contributed by atoms with E-state index in [0.717, 1.165) is 19.3 Å². The molecule has 0 radical (unpaired) electrons. The molecule has 0 saturated heterocycles. The van der Waals surface area contributed by atoms with Crippen LogP contribution in [-0.2, 0) is 0 Å². The van der Waals surface area contributed by atoms with Crippen molar-refractivity contribution >= 4 is 11.6 Å². The fourth-order valence-electron chi connectivity index (χ4n) is 2.17. The minimum atomic E-state index is -0.295. The normalized spacial score (nSPS) is 23.6. The predicted octanol–water partition coefficient (Wildman–Crippen LogP) is 0.555. The topological polar surface area (TPSA) is 88.2 Å². The molecule has 5 nitrogen and oxygen atoms in total. The van der Waals surface area contributed by atoms with Crippen LogP contribution >= 0.6 is 0 Å². The van der Waals surface area contributed by atoms with Gasteiger partial charge in [0.25, 0.3) is 5.91 Å². The Morgan fingerprint density at radius 2 is 2.41 bits per heavy atom. The number of nitrogens with one attached hydrogen (secondary N) is 1. The maximum absolute atomic E-state index is 11.8. The van der Waals surface area contributed by atoms with Gasteiger partial charge in [-0.15, -0.1) is 0 Å². The molecule has 0 aromatic carbocycles. The molecule has 0 aliphatic heterocycles. The molecule has 1 saturated carbocycles. The molecule has 0 spiro atoms. The van der Waals surface area contributed by atoms with E-state index in [1.54, 1.807) is 12.1 Å². The molecule has 5 heteroatoms. The van der Waals surface area contributed by atoms with Crippen molar-refractivity contribution in [2.75, 3.05) is 12.3 Å². The summed E-state index contributed by atoms with van der Waals surface area (Å²) in [6, 6.07) is 3.33. The van der Waals surface area contributed by atoms with Gasteiger partial charge in [-0.25, -0.2) is 4.98 Å². The molecule has 1 heterocycles. The van der Waals surface area contributed by atoms with Crippen molar-refractivity contribution in [1.29, 1.82) is 0 Å². The predicted molar refractivity (Wildman–Crippen MR) is 64.3 cm³/mol. The Balaban J connectivity index is 1.91. The molecule has 1 aromatic heterocycles. The van der Waals surface area contributed by atoms with Crippen molar-refractivity contribution in [2.45, 2.75) is 25.4 Å². The van der Waals surface area contributed by atoms with Gasteiger partial charge in [-0.2, -0.15) is 0 Å². The molecule has 1 fully saturated rings. The van der Waals surface area contributed by atoms with Crippen LogP contribution in [0.3, 0.4) is 0 Å². The van der Waals surface area contributed by atoms with Gasteiger partial charge in [-0.1, -0.05) is 6.42 Å². The number of amides is 1. The highest BCUT2D eigenvalue weighted by atomic mass is 16.3. The SMILES string of the molecule is Nc1cccnc1C(=O)NCC1CCCC1O. The largest absolute Gasteiger partial charge is 0.397 e. The molecule has 1 aliphatic carbocycles. The van der Waals surface area contributed by atoms with Gasteiger partial charge in [0.1, 0.15) is 0 Å². The van der Waals surface area contributed by atoms with Crippen LogP contribution in [0.15, 0.2) is 18.3 Å². The molecule has 17 heavy (non-hydrogen) atoms. The van der Waals surface area contributed by atoms with Gasteiger partial charge in [0.2, 0.25) is 0 Å². The lowest BCUT2D eigenvalue weighted by atomic mass is 10.1. The second-order valence-corrected chi connectivity index (χ2v) is 4.41. The van der Waals surface area contributed by atoms with E-state index < -0.39 is 0 Å². The Hall–Kier alpha value is -1.62. The minimum Gasteiger partial charge on any atom is -0.397 e. The second kappa shape index (κ2) is 5.14. The lowest BCUT2D eigenvalue weighted by Crippen LogP contribution is -2.33. The summed E-state index contributed by atoms with van der Waals surface area (Å²) < 4.78 is 0. The lowest BCUT2D eigenvalue weighted by molar-refractivity contribution is 0.0913. The number of anilines is 1. The van der Waals surface area contributed by atoms with Crippen molar-refractivity contribution < 1.29 is 9.90 Å². The van der Waals surface area contributed by atoms with Crippen LogP contribution in [0.25, 0.3) is 0 Å². The molecule has 1 aromatic rings. The number of aliphatic hydroxyl groups is 1. The summed E-state index contributed by atoms with van der Waals surface area (Å²) in [4.78, 5) is 15.7. The number of hydrogen-bond acceptors (Lipinski definition) is 4. The van der Waals surface area contributed by atoms with Gasteiger partial charge < -0.3 is 16.2 Å². The molecule has 2 unspecified atom stereocenters. The molecular weight excluding hydrogens is 218 g/mol. The Labute approximate surface area is 100 Å². The first kappa shape index (κ1) is 11.9. The van der Waals surface area contributed by atoms with Crippen molar-refractivity contribution in [3.05, 3.63) is 24.0 Å². The van der Waals surface area contributed by atoms with Gasteiger partial charge in [-0.05, 0) is 25.0 Å². The molecule has 2 rings (SSSR count). The summed E-state index contributed by atoms with van der Waals surface area (Å²) in [7, 11) is 0. The molecule has 2 atom stereocenters. The monoisotopic (exact) mass is 235 g/mol. The summed E-state index contributed by atoms with van der Waals surface area (Å²) in [5.74, 6) is -0.119. The van der Waals surface area contributed by atoms with E-state index in [1.165, 1.54) is 6.20 Å². The minimum absolute atomic E-state index is 0.156. The third-order valence-corrected chi connectivity index (χ3v) is 3.20. The van der Waals surface area contributed by atoms with Crippen LogP contribution in [-0.4, -0.2) is 28.6 Å². The summed E-state index contributed by atoms with van der Waals surface area (Å²) in [5, 5.41) is 12.4. The first-order valence-corrected chi connectivity index (χ1v) is 5.85. The zero-order valence-corrected chi connectivity index (χ0v) is 9.60. The van der Waals surface area contributed by atoms with Gasteiger partial charge in [-0.3, -0.25) is 4.79 Å². The Bertz CT molecular complexity index is 408. The number of hydrogen-bond donors (Lipinski definition) is 3. The molecule has 0 bridgehead atoms. The molecule has 92 valence electrons. The molecular formula is C12H17N3O2. The van der Waals surface area contributed by atoms with Gasteiger partial charge in [0.05, 0.1) is 11.8 Å². The van der Waals surface area contributed by atoms with Crippen molar-refractivity contribution in [2.24, 2.45) is 5.92 Å². The Morgan fingerprint density at radius 1 is 1.59 bits per heavy atom. The first-order valence-electron chi connectivity index (χ1n) is 5.85. The van der Waals surface area contributed by atoms with E-state index in [-0.39, 0.29) is 23.6 Å². The number of nitrogens with zero attached hydrogens (tertiary/aromatic N) is 1. The van der Waals surface area contributed by atoms with Crippen molar-refractivity contribution in [1.82, 2.24) is 10.3 Å². The maximum Gasteiger partial charge on any atom is 0.272 e. The van der Waals surface area contributed by atoms with Crippen LogP contribution in [0.1, 0.15) is 29.8 Å². The zero-order valence-electron chi connectivity index (χ0n) is 9.60. The average Bonchev–Trinajstić information content (AvgIpc) is 2.72. The molecule has 1 aliphatic rings. The number of aromatic nitrogens is 1. The second-order valence-electron chi connectivity index (χ2n) is 4.41. The highest BCUT2D eigenvalue weighted by molar-refractivity contribution is 5.96. The number of pyridine rings is 1. The molecule has 4 N–H and O–H groups in total. The number of rotatable bonds is 3. The quantitative estimate of drug-likeness (QED) is 0.714. The molecule has 1 amide bonds. The van der Waals surface area contributed by atoms with Crippen molar-refractivity contribution in [3.8, 4) is 0 Å². The third kappa shape index (κ3) is 2.74. The number of carbonyl (C=O) groups excluding carboxylic acids is 1.